The van der Waals surface area contributed by atoms with E-state index in [1.165, 1.54) is 83.1 Å². The topological polar surface area (TPSA) is 12.9 Å². The van der Waals surface area contributed by atoms with Crippen LogP contribution in [0.3, 0.4) is 0 Å². The lowest BCUT2D eigenvalue weighted by Crippen LogP contribution is -2.25. The number of hydrogen-bond acceptors (Lipinski definition) is 1. The fraction of sp³-hybridized carbons (Fsp3) is 0.0156. The lowest BCUT2D eigenvalue weighted by molar-refractivity contribution is 0.794. The van der Waals surface area contributed by atoms with E-state index >= 15 is 0 Å². The second-order valence-electron chi connectivity index (χ2n) is 17.4. The van der Waals surface area contributed by atoms with Crippen molar-refractivity contribution in [3.63, 3.8) is 0 Å². The van der Waals surface area contributed by atoms with E-state index in [-0.39, 0.29) is 0 Å². The first-order valence-corrected chi connectivity index (χ1v) is 22.5. The van der Waals surface area contributed by atoms with Crippen molar-refractivity contribution in [2.24, 2.45) is 0 Å². The summed E-state index contributed by atoms with van der Waals surface area (Å²) in [6.07, 6.45) is 0. The molecule has 1 nitrogen and oxygen atoms in total. The number of rotatable bonds is 6. The Morgan fingerprint density at radius 3 is 1.37 bits per heavy atom. The quantitative estimate of drug-likeness (QED) is 0.163. The minimum atomic E-state index is -0.447. The van der Waals surface area contributed by atoms with E-state index in [9.17, 15) is 0 Å². The maximum absolute atomic E-state index is 5.29. The van der Waals surface area contributed by atoms with Crippen molar-refractivity contribution in [1.82, 2.24) is 4.98 Å². The summed E-state index contributed by atoms with van der Waals surface area (Å²) in [7, 11) is 0. The van der Waals surface area contributed by atoms with Gasteiger partial charge in [-0.3, -0.25) is 0 Å². The Morgan fingerprint density at radius 2 is 0.692 bits per heavy atom. The van der Waals surface area contributed by atoms with Crippen LogP contribution in [0.15, 0.2) is 249 Å². The highest BCUT2D eigenvalue weighted by molar-refractivity contribution is 6.04. The van der Waals surface area contributed by atoms with Gasteiger partial charge in [-0.05, 0) is 136 Å². The van der Waals surface area contributed by atoms with Gasteiger partial charge < -0.3 is 0 Å². The molecule has 13 rings (SSSR count). The zero-order chi connectivity index (χ0) is 42.9. The van der Waals surface area contributed by atoms with Gasteiger partial charge in [0, 0.05) is 11.1 Å². The summed E-state index contributed by atoms with van der Waals surface area (Å²) >= 11 is 0. The zero-order valence-corrected chi connectivity index (χ0v) is 35.6. The molecule has 0 N–H and O–H groups in total. The van der Waals surface area contributed by atoms with E-state index in [1.54, 1.807) is 0 Å². The van der Waals surface area contributed by atoms with Gasteiger partial charge >= 0.3 is 0 Å². The van der Waals surface area contributed by atoms with Crippen molar-refractivity contribution >= 4 is 10.8 Å². The lowest BCUT2D eigenvalue weighted by Gasteiger charge is -2.31. The first-order chi connectivity index (χ1) is 32.2. The molecule has 65 heavy (non-hydrogen) atoms. The maximum atomic E-state index is 5.29. The van der Waals surface area contributed by atoms with Crippen molar-refractivity contribution in [2.75, 3.05) is 0 Å². The average Bonchev–Trinajstić information content (AvgIpc) is 3.85. The third kappa shape index (κ3) is 5.83. The van der Waals surface area contributed by atoms with Crippen molar-refractivity contribution < 1.29 is 0 Å². The average molecular weight is 824 g/mol. The highest BCUT2D eigenvalue weighted by atomic mass is 14.7. The molecule has 0 saturated heterocycles. The standard InChI is InChI=1S/C64H41N/c1-3-18-42(19-4-1)49-38-62(44-21-5-2-6-22-44)65-63(39-49)48-27-16-25-46(37-48)45-24-15-26-47(36-45)55-41-61-57(40-56(55)51-32-17-23-43-20-7-8-28-50(43)51)54-31-11-14-35-60(54)64(61)58-33-12-9-29-52(58)53-30-10-13-34-59(53)64/h1-41H. The molecule has 1 spiro atoms. The molecule has 10 aromatic carbocycles. The summed E-state index contributed by atoms with van der Waals surface area (Å²) in [5.74, 6) is 0. The highest BCUT2D eigenvalue weighted by Crippen LogP contribution is 2.64. The molecule has 0 amide bonds. The van der Waals surface area contributed by atoms with E-state index < -0.39 is 5.41 Å². The van der Waals surface area contributed by atoms with Crippen LogP contribution in [0.25, 0.3) is 100 Å². The maximum Gasteiger partial charge on any atom is 0.0725 e. The van der Waals surface area contributed by atoms with Crippen LogP contribution >= 0.6 is 0 Å². The van der Waals surface area contributed by atoms with E-state index in [0.717, 1.165) is 39.2 Å². The summed E-state index contributed by atoms with van der Waals surface area (Å²) in [4.78, 5) is 5.29. The van der Waals surface area contributed by atoms with Gasteiger partial charge in [-0.15, -0.1) is 0 Å². The molecule has 0 saturated carbocycles. The molecule has 2 aliphatic carbocycles. The second-order valence-corrected chi connectivity index (χ2v) is 17.4. The van der Waals surface area contributed by atoms with Crippen molar-refractivity contribution in [1.29, 1.82) is 0 Å². The van der Waals surface area contributed by atoms with E-state index in [0.29, 0.717) is 0 Å². The van der Waals surface area contributed by atoms with E-state index in [1.807, 2.05) is 0 Å². The van der Waals surface area contributed by atoms with Crippen molar-refractivity contribution in [3.05, 3.63) is 271 Å². The van der Waals surface area contributed by atoms with Crippen LogP contribution in [-0.4, -0.2) is 4.98 Å². The van der Waals surface area contributed by atoms with E-state index in [4.69, 9.17) is 4.98 Å². The van der Waals surface area contributed by atoms with Crippen LogP contribution in [0.5, 0.6) is 0 Å². The summed E-state index contributed by atoms with van der Waals surface area (Å²) in [6.45, 7) is 0. The van der Waals surface area contributed by atoms with Gasteiger partial charge in [-0.1, -0.05) is 212 Å². The number of hydrogen-bond donors (Lipinski definition) is 0. The largest absolute Gasteiger partial charge is 0.248 e. The summed E-state index contributed by atoms with van der Waals surface area (Å²) in [5, 5.41) is 2.48. The zero-order valence-electron chi connectivity index (χ0n) is 35.6. The smallest absolute Gasteiger partial charge is 0.0725 e. The predicted molar refractivity (Wildman–Crippen MR) is 271 cm³/mol. The Morgan fingerprint density at radius 1 is 0.231 bits per heavy atom. The molecular formula is C64H41N. The number of nitrogens with zero attached hydrogens (tertiary/aromatic N) is 1. The van der Waals surface area contributed by atoms with Gasteiger partial charge in [0.15, 0.2) is 0 Å². The normalized spacial score (nSPS) is 12.7. The number of benzene rings is 10. The monoisotopic (exact) mass is 823 g/mol. The molecule has 0 aliphatic heterocycles. The molecule has 0 atom stereocenters. The van der Waals surface area contributed by atoms with Crippen LogP contribution in [0, 0.1) is 0 Å². The Balaban J connectivity index is 1.02. The molecule has 2 aliphatic rings. The van der Waals surface area contributed by atoms with Gasteiger partial charge in [0.25, 0.3) is 0 Å². The van der Waals surface area contributed by atoms with Crippen LogP contribution in [0.2, 0.25) is 0 Å². The molecular weight excluding hydrogens is 783 g/mol. The summed E-state index contributed by atoms with van der Waals surface area (Å²) in [6, 6.07) is 91.4. The third-order valence-electron chi connectivity index (χ3n) is 13.9. The first kappa shape index (κ1) is 37.2. The second kappa shape index (κ2) is 14.9. The van der Waals surface area contributed by atoms with Crippen LogP contribution in [-0.2, 0) is 5.41 Å². The third-order valence-corrected chi connectivity index (χ3v) is 13.9. The minimum Gasteiger partial charge on any atom is -0.248 e. The van der Waals surface area contributed by atoms with Crippen molar-refractivity contribution in [2.45, 2.75) is 5.41 Å². The summed E-state index contributed by atoms with van der Waals surface area (Å²) in [5.41, 5.74) is 23.7. The summed E-state index contributed by atoms with van der Waals surface area (Å²) < 4.78 is 0. The minimum absolute atomic E-state index is 0.447. The van der Waals surface area contributed by atoms with Crippen LogP contribution < -0.4 is 0 Å². The fourth-order valence-electron chi connectivity index (χ4n) is 11.0. The number of aromatic nitrogens is 1. The molecule has 1 heterocycles. The fourth-order valence-corrected chi connectivity index (χ4v) is 11.0. The highest BCUT2D eigenvalue weighted by Gasteiger charge is 2.51. The molecule has 1 heteroatoms. The molecule has 11 aromatic rings. The number of pyridine rings is 1. The van der Waals surface area contributed by atoms with Gasteiger partial charge in [-0.25, -0.2) is 4.98 Å². The molecule has 0 radical (unpaired) electrons. The molecule has 1 aromatic heterocycles. The van der Waals surface area contributed by atoms with Crippen LogP contribution in [0.1, 0.15) is 22.3 Å². The Bertz CT molecular complexity index is 3550. The SMILES string of the molecule is c1ccc(-c2cc(-c3ccccc3)nc(-c3cccc(-c4cccc(-c5cc6c(cc5-c5cccc7ccccc57)-c5ccccc5C65c6ccccc6-c6ccccc65)c4)c3)c2)cc1. The van der Waals surface area contributed by atoms with Gasteiger partial charge in [0.2, 0.25) is 0 Å². The first-order valence-electron chi connectivity index (χ1n) is 22.5. The molecule has 0 bridgehead atoms. The van der Waals surface area contributed by atoms with Gasteiger partial charge in [0.1, 0.15) is 0 Å². The number of fused-ring (bicyclic) bond motifs is 11. The lowest BCUT2D eigenvalue weighted by atomic mass is 9.70. The van der Waals surface area contributed by atoms with Gasteiger partial charge in [0.05, 0.1) is 16.8 Å². The molecule has 0 unspecified atom stereocenters. The van der Waals surface area contributed by atoms with Crippen molar-refractivity contribution in [3.8, 4) is 89.3 Å². The molecule has 0 fully saturated rings. The van der Waals surface area contributed by atoms with Crippen LogP contribution in [0.4, 0.5) is 0 Å². The van der Waals surface area contributed by atoms with Gasteiger partial charge in [-0.2, -0.15) is 0 Å². The Hall–Kier alpha value is -8.39. The predicted octanol–water partition coefficient (Wildman–Crippen LogP) is 16.6. The Labute approximate surface area is 379 Å². The molecule has 302 valence electrons. The van der Waals surface area contributed by atoms with E-state index in [2.05, 4.69) is 249 Å². The Kier molecular flexibility index (Phi) is 8.51.